The topological polar surface area (TPSA) is 0 Å². The fraction of sp³-hybridized carbons (Fsp3) is 0.455. The minimum atomic E-state index is 0.203. The first kappa shape index (κ1) is 27.1. The maximum atomic E-state index is 2.99. The predicted molar refractivity (Wildman–Crippen MR) is 149 cm³/mol. The Morgan fingerprint density at radius 1 is 0.735 bits per heavy atom. The minimum absolute atomic E-state index is 0.203. The van der Waals surface area contributed by atoms with Gasteiger partial charge in [0, 0.05) is 0 Å². The molecule has 2 aliphatic carbocycles. The molecule has 0 heterocycles. The molecular weight excluding hydrogens is 488 g/mol. The fourth-order valence-electron chi connectivity index (χ4n) is 4.45. The molecule has 0 unspecified atom stereocenters. The molecule has 0 atom stereocenters. The first-order valence-electron chi connectivity index (χ1n) is 13.0. The van der Waals surface area contributed by atoms with Crippen molar-refractivity contribution in [1.29, 1.82) is 0 Å². The normalized spacial score (nSPS) is 16.2. The van der Waals surface area contributed by atoms with Crippen molar-refractivity contribution >= 4 is 24.8 Å². The van der Waals surface area contributed by atoms with Crippen LogP contribution in [0.3, 0.4) is 0 Å². The molecule has 0 bridgehead atoms. The molecule has 3 aromatic rings. The Labute approximate surface area is 223 Å². The van der Waals surface area contributed by atoms with Gasteiger partial charge in [-0.05, 0) is 10.8 Å². The second kappa shape index (κ2) is 12.0. The summed E-state index contributed by atoms with van der Waals surface area (Å²) in [6.07, 6.45) is 18.8. The van der Waals surface area contributed by atoms with Crippen molar-refractivity contribution in [2.45, 2.75) is 97.3 Å². The van der Waals surface area contributed by atoms with E-state index in [1.54, 1.807) is 24.2 Å². The molecule has 34 heavy (non-hydrogen) atoms. The van der Waals surface area contributed by atoms with Crippen LogP contribution in [0.1, 0.15) is 97.6 Å². The summed E-state index contributed by atoms with van der Waals surface area (Å²) in [7, 11) is 0. The number of hydrogen-bond acceptors (Lipinski definition) is 0. The molecule has 5 rings (SSSR count). The van der Waals surface area contributed by atoms with Gasteiger partial charge in [-0.25, -0.2) is 12.2 Å². The van der Waals surface area contributed by atoms with E-state index in [2.05, 4.69) is 96.2 Å². The van der Waals surface area contributed by atoms with Crippen LogP contribution in [0.4, 0.5) is 0 Å². The van der Waals surface area contributed by atoms with Crippen molar-refractivity contribution in [3.05, 3.63) is 77.9 Å². The van der Waals surface area contributed by atoms with Crippen LogP contribution in [0.2, 0.25) is 0 Å². The van der Waals surface area contributed by atoms with E-state index >= 15 is 0 Å². The molecule has 0 N–H and O–H groups in total. The van der Waals surface area contributed by atoms with Gasteiger partial charge in [0.1, 0.15) is 0 Å². The van der Waals surface area contributed by atoms with Crippen molar-refractivity contribution in [1.82, 2.24) is 0 Å². The third-order valence-corrected chi connectivity index (χ3v) is 7.96. The summed E-state index contributed by atoms with van der Waals surface area (Å²) in [4.78, 5) is 0. The van der Waals surface area contributed by atoms with Crippen LogP contribution in [0, 0.1) is 6.08 Å². The van der Waals surface area contributed by atoms with Gasteiger partial charge in [-0.15, -0.1) is 46.2 Å². The van der Waals surface area contributed by atoms with Crippen molar-refractivity contribution < 1.29 is 24.2 Å². The molecule has 1 fully saturated rings. The second-order valence-corrected chi connectivity index (χ2v) is 13.5. The van der Waals surface area contributed by atoms with Gasteiger partial charge >= 0.3 is 66.0 Å². The molecule has 0 aliphatic heterocycles. The molecule has 2 aliphatic rings. The van der Waals surface area contributed by atoms with E-state index in [4.69, 9.17) is 0 Å². The average Bonchev–Trinajstić information content (AvgIpc) is 3.40. The van der Waals surface area contributed by atoms with Gasteiger partial charge in [-0.3, -0.25) is 6.08 Å². The van der Waals surface area contributed by atoms with E-state index in [1.165, 1.54) is 71.2 Å². The SMILES string of the molecule is CC(C)(C)c1ccc2c(c1)[cH-]c1cc(C(C)(C)C)ccc12.[C-]1=CC=CC1.[Zr+2]=[C]1CCCCCC1. The van der Waals surface area contributed by atoms with Crippen LogP contribution in [-0.4, -0.2) is 3.21 Å². The Morgan fingerprint density at radius 3 is 1.59 bits per heavy atom. The molecule has 3 aromatic carbocycles. The molecule has 0 radical (unpaired) electrons. The zero-order valence-corrected chi connectivity index (χ0v) is 24.7. The standard InChI is InChI=1S/C21H25.C7H12.C5H5.Zr/c1-20(2,3)16-7-9-18-14(12-16)11-15-13-17(21(4,5)6)8-10-19(15)18;1-2-4-6-7-5-3-1;1-2-4-5-3-1;/h7-13H,1-6H3;1-6H2;1-3H,4H2;/q-1;;-1;+2. The molecule has 1 saturated carbocycles. The van der Waals surface area contributed by atoms with Crippen LogP contribution in [0.5, 0.6) is 0 Å². The van der Waals surface area contributed by atoms with E-state index in [0.717, 1.165) is 6.42 Å². The summed E-state index contributed by atoms with van der Waals surface area (Å²) >= 11 is 1.69. The van der Waals surface area contributed by atoms with Crippen LogP contribution in [-0.2, 0) is 35.1 Å². The zero-order chi connectivity index (χ0) is 24.8. The fourth-order valence-corrected chi connectivity index (χ4v) is 5.32. The Kier molecular flexibility index (Phi) is 9.57. The summed E-state index contributed by atoms with van der Waals surface area (Å²) in [6.45, 7) is 13.6. The molecule has 0 saturated heterocycles. The van der Waals surface area contributed by atoms with Crippen LogP contribution < -0.4 is 0 Å². The number of hydrogen-bond donors (Lipinski definition) is 0. The number of allylic oxidation sites excluding steroid dienone is 4. The molecule has 1 heteroatoms. The van der Waals surface area contributed by atoms with E-state index in [1.807, 2.05) is 15.4 Å². The molecule has 0 aromatic heterocycles. The van der Waals surface area contributed by atoms with E-state index in [9.17, 15) is 0 Å². The molecular formula is C33H42Zr. The van der Waals surface area contributed by atoms with Gasteiger partial charge in [-0.1, -0.05) is 76.9 Å². The van der Waals surface area contributed by atoms with Gasteiger partial charge < -0.3 is 0 Å². The van der Waals surface area contributed by atoms with E-state index in [0.29, 0.717) is 0 Å². The number of rotatable bonds is 0. The second-order valence-electron chi connectivity index (χ2n) is 11.8. The third-order valence-electron chi connectivity index (χ3n) is 6.73. The Morgan fingerprint density at radius 2 is 1.24 bits per heavy atom. The van der Waals surface area contributed by atoms with Gasteiger partial charge in [-0.2, -0.15) is 6.08 Å². The monoisotopic (exact) mass is 528 g/mol. The maximum absolute atomic E-state index is 2.99. The Bertz CT molecular complexity index is 1070. The van der Waals surface area contributed by atoms with Crippen molar-refractivity contribution in [3.8, 4) is 0 Å². The van der Waals surface area contributed by atoms with Gasteiger partial charge in [0.2, 0.25) is 0 Å². The van der Waals surface area contributed by atoms with Crippen molar-refractivity contribution in [3.63, 3.8) is 0 Å². The van der Waals surface area contributed by atoms with E-state index < -0.39 is 0 Å². The van der Waals surface area contributed by atoms with E-state index in [-0.39, 0.29) is 10.8 Å². The van der Waals surface area contributed by atoms with Gasteiger partial charge in [0.25, 0.3) is 0 Å². The number of fused-ring (bicyclic) bond motifs is 3. The average molecular weight is 530 g/mol. The summed E-state index contributed by atoms with van der Waals surface area (Å²) in [5.74, 6) is 0. The summed E-state index contributed by atoms with van der Waals surface area (Å²) in [5.41, 5.74) is 3.21. The zero-order valence-electron chi connectivity index (χ0n) is 22.2. The van der Waals surface area contributed by atoms with Gasteiger partial charge in [0.15, 0.2) is 0 Å². The molecule has 0 nitrogen and oxygen atoms in total. The Balaban J connectivity index is 0.000000202. The summed E-state index contributed by atoms with van der Waals surface area (Å²) in [6, 6.07) is 16.2. The first-order valence-corrected chi connectivity index (χ1v) is 14.2. The third kappa shape index (κ3) is 7.78. The summed E-state index contributed by atoms with van der Waals surface area (Å²) < 4.78 is 1.81. The van der Waals surface area contributed by atoms with Gasteiger partial charge in [0.05, 0.1) is 0 Å². The number of benzene rings is 2. The van der Waals surface area contributed by atoms with Crippen LogP contribution in [0.15, 0.2) is 60.7 Å². The summed E-state index contributed by atoms with van der Waals surface area (Å²) in [5, 5.41) is 5.48. The van der Waals surface area contributed by atoms with Crippen molar-refractivity contribution in [2.75, 3.05) is 0 Å². The molecule has 0 spiro atoms. The molecule has 0 amide bonds. The van der Waals surface area contributed by atoms with Crippen LogP contribution >= 0.6 is 0 Å². The quantitative estimate of drug-likeness (QED) is 0.201. The van der Waals surface area contributed by atoms with Crippen LogP contribution in [0.25, 0.3) is 21.5 Å². The first-order chi connectivity index (χ1) is 16.1. The van der Waals surface area contributed by atoms with Crippen molar-refractivity contribution in [2.24, 2.45) is 0 Å². The predicted octanol–water partition coefficient (Wildman–Crippen LogP) is 9.67. The molecule has 178 valence electrons. The Hall–Kier alpha value is -1.46.